The third kappa shape index (κ3) is 1.89. The third-order valence-electron chi connectivity index (χ3n) is 2.90. The van der Waals surface area contributed by atoms with E-state index in [1.165, 1.54) is 11.6 Å². The van der Waals surface area contributed by atoms with Crippen molar-refractivity contribution in [3.05, 3.63) is 73.0 Å². The molecule has 18 heavy (non-hydrogen) atoms. The lowest BCUT2D eigenvalue weighted by Crippen LogP contribution is -2.24. The molecule has 90 valence electrons. The molecule has 0 aromatic heterocycles. The van der Waals surface area contributed by atoms with E-state index in [9.17, 15) is 4.79 Å². The van der Waals surface area contributed by atoms with Crippen molar-refractivity contribution >= 4 is 11.6 Å². The summed E-state index contributed by atoms with van der Waals surface area (Å²) < 4.78 is 5.47. The van der Waals surface area contributed by atoms with Crippen molar-refractivity contribution < 1.29 is 9.53 Å². The number of nitrogens with zero attached hydrogens (tertiary/aromatic N) is 1. The Morgan fingerprint density at radius 3 is 2.22 bits per heavy atom. The highest BCUT2D eigenvalue weighted by Gasteiger charge is 2.27. The minimum absolute atomic E-state index is 0.0626. The Bertz CT molecular complexity index is 489. The molecule has 2 aromatic carbocycles. The molecule has 1 aliphatic heterocycles. The van der Waals surface area contributed by atoms with Crippen LogP contribution in [0.4, 0.5) is 5.69 Å². The quantitative estimate of drug-likeness (QED) is 0.753. The minimum Gasteiger partial charge on any atom is -0.518 e. The first kappa shape index (κ1) is 11.0. The molecule has 0 N–H and O–H groups in total. The number of ether oxygens (including phenoxy) is 1. The van der Waals surface area contributed by atoms with Crippen LogP contribution in [-0.2, 0) is 9.53 Å². The number of hydrogen-bond donors (Lipinski definition) is 0. The second kappa shape index (κ2) is 4.63. The molecule has 1 heterocycles. The molecule has 1 unspecified atom stereocenters. The Hall–Kier alpha value is -2.13. The Morgan fingerprint density at radius 1 is 0.944 bits per heavy atom. The zero-order chi connectivity index (χ0) is 12.4. The Balaban J connectivity index is 1.86. The molecule has 1 saturated heterocycles. The summed E-state index contributed by atoms with van der Waals surface area (Å²) in [4.78, 5) is 13.8. The molecule has 3 nitrogen and oxygen atoms in total. The summed E-state index contributed by atoms with van der Waals surface area (Å²) in [5, 5.41) is 0. The zero-order valence-corrected chi connectivity index (χ0v) is 9.69. The Kier molecular flexibility index (Phi) is 2.82. The van der Waals surface area contributed by atoms with Gasteiger partial charge in [0.25, 0.3) is 0 Å². The summed E-state index contributed by atoms with van der Waals surface area (Å²) in [5.41, 5.74) is 1.69. The van der Waals surface area contributed by atoms with Gasteiger partial charge in [-0.15, -0.1) is 6.73 Å². The van der Waals surface area contributed by atoms with Gasteiger partial charge < -0.3 is 9.64 Å². The van der Waals surface area contributed by atoms with Crippen molar-refractivity contribution in [1.29, 1.82) is 0 Å². The van der Waals surface area contributed by atoms with E-state index in [0.717, 1.165) is 11.3 Å². The van der Waals surface area contributed by atoms with Gasteiger partial charge in [-0.3, -0.25) is 4.79 Å². The summed E-state index contributed by atoms with van der Waals surface area (Å²) in [7, 11) is 0. The third-order valence-corrected chi connectivity index (χ3v) is 2.90. The number of hydrogen-bond acceptors (Lipinski definition) is 2. The summed E-state index contributed by atoms with van der Waals surface area (Å²) in [6.45, 7) is 1.48. The van der Waals surface area contributed by atoms with Gasteiger partial charge in [0.05, 0.1) is 0 Å². The SMILES string of the molecule is O=C1C(c2ccccc2)O[CH-]N1c1ccccc1. The summed E-state index contributed by atoms with van der Waals surface area (Å²) in [6, 6.07) is 19.0. The van der Waals surface area contributed by atoms with Crippen molar-refractivity contribution in [3.63, 3.8) is 0 Å². The van der Waals surface area contributed by atoms with Crippen molar-refractivity contribution in [3.8, 4) is 0 Å². The number of anilines is 1. The number of amides is 1. The highest BCUT2D eigenvalue weighted by Crippen LogP contribution is 2.31. The van der Waals surface area contributed by atoms with Crippen LogP contribution < -0.4 is 4.90 Å². The lowest BCUT2D eigenvalue weighted by Gasteiger charge is -2.23. The number of benzene rings is 2. The van der Waals surface area contributed by atoms with Crippen LogP contribution in [0.2, 0.25) is 0 Å². The van der Waals surface area contributed by atoms with Gasteiger partial charge in [-0.1, -0.05) is 48.5 Å². The number of carbonyl (C=O) groups excluding carboxylic acids is 1. The molecule has 0 radical (unpaired) electrons. The van der Waals surface area contributed by atoms with E-state index in [1.807, 2.05) is 60.7 Å². The molecule has 0 aliphatic carbocycles. The average Bonchev–Trinajstić information content (AvgIpc) is 2.83. The molecule has 1 atom stereocenters. The molecule has 3 heteroatoms. The predicted molar refractivity (Wildman–Crippen MR) is 68.5 cm³/mol. The first-order valence-corrected chi connectivity index (χ1v) is 5.78. The molecule has 3 rings (SSSR count). The van der Waals surface area contributed by atoms with Crippen LogP contribution in [0.25, 0.3) is 0 Å². The zero-order valence-electron chi connectivity index (χ0n) is 9.69. The standard InChI is InChI=1S/C15H12NO2/c17-15-14(12-7-3-1-4-8-12)18-11-16(15)13-9-5-2-6-10-13/h1-11,14H/q-1. The molecule has 0 bridgehead atoms. The van der Waals surface area contributed by atoms with Crippen molar-refractivity contribution in [1.82, 2.24) is 0 Å². The average molecular weight is 238 g/mol. The van der Waals surface area contributed by atoms with Crippen LogP contribution in [0.5, 0.6) is 0 Å². The van der Waals surface area contributed by atoms with E-state index in [2.05, 4.69) is 0 Å². The van der Waals surface area contributed by atoms with E-state index < -0.39 is 6.10 Å². The van der Waals surface area contributed by atoms with Crippen molar-refractivity contribution in [2.75, 3.05) is 4.90 Å². The Morgan fingerprint density at radius 2 is 1.56 bits per heavy atom. The van der Waals surface area contributed by atoms with E-state index in [-0.39, 0.29) is 5.91 Å². The molecular formula is C15H12NO2-. The van der Waals surface area contributed by atoms with E-state index in [4.69, 9.17) is 4.74 Å². The van der Waals surface area contributed by atoms with Gasteiger partial charge in [0.2, 0.25) is 5.91 Å². The maximum absolute atomic E-state index is 12.3. The normalized spacial score (nSPS) is 19.2. The van der Waals surface area contributed by atoms with Gasteiger partial charge in [-0.2, -0.15) is 0 Å². The lowest BCUT2D eigenvalue weighted by molar-refractivity contribution is -0.122. The van der Waals surface area contributed by atoms with Crippen LogP contribution in [0, 0.1) is 6.73 Å². The predicted octanol–water partition coefficient (Wildman–Crippen LogP) is 2.91. The number of carbonyl (C=O) groups is 1. The maximum Gasteiger partial charge on any atom is 0.230 e. The van der Waals surface area contributed by atoms with Gasteiger partial charge in [0, 0.05) is 5.69 Å². The first-order valence-electron chi connectivity index (χ1n) is 5.78. The van der Waals surface area contributed by atoms with Crippen LogP contribution in [0.3, 0.4) is 0 Å². The second-order valence-corrected chi connectivity index (χ2v) is 4.08. The topological polar surface area (TPSA) is 29.5 Å². The van der Waals surface area contributed by atoms with Crippen LogP contribution >= 0.6 is 0 Å². The van der Waals surface area contributed by atoms with E-state index in [1.54, 1.807) is 0 Å². The molecule has 1 fully saturated rings. The first-order chi connectivity index (χ1) is 8.86. The van der Waals surface area contributed by atoms with Crippen LogP contribution in [-0.4, -0.2) is 5.91 Å². The molecule has 0 saturated carbocycles. The monoisotopic (exact) mass is 238 g/mol. The fraction of sp³-hybridized carbons (Fsp3) is 0.0667. The molecule has 0 spiro atoms. The van der Waals surface area contributed by atoms with E-state index in [0.29, 0.717) is 0 Å². The number of para-hydroxylation sites is 1. The second-order valence-electron chi connectivity index (χ2n) is 4.08. The van der Waals surface area contributed by atoms with Gasteiger partial charge >= 0.3 is 0 Å². The van der Waals surface area contributed by atoms with Gasteiger partial charge in [0.15, 0.2) is 0 Å². The van der Waals surface area contributed by atoms with Gasteiger partial charge in [0.1, 0.15) is 6.10 Å². The molecule has 1 amide bonds. The fourth-order valence-corrected chi connectivity index (χ4v) is 1.98. The van der Waals surface area contributed by atoms with Crippen molar-refractivity contribution in [2.24, 2.45) is 0 Å². The summed E-state index contributed by atoms with van der Waals surface area (Å²) in [5.74, 6) is -0.0626. The highest BCUT2D eigenvalue weighted by atomic mass is 16.5. The number of rotatable bonds is 2. The molecule has 1 aliphatic rings. The van der Waals surface area contributed by atoms with Crippen LogP contribution in [0.15, 0.2) is 60.7 Å². The fourth-order valence-electron chi connectivity index (χ4n) is 1.98. The molecule has 2 aromatic rings. The van der Waals surface area contributed by atoms with E-state index >= 15 is 0 Å². The van der Waals surface area contributed by atoms with Gasteiger partial charge in [-0.05, 0) is 17.7 Å². The highest BCUT2D eigenvalue weighted by molar-refractivity contribution is 5.99. The largest absolute Gasteiger partial charge is 0.518 e. The van der Waals surface area contributed by atoms with Crippen molar-refractivity contribution in [2.45, 2.75) is 6.10 Å². The smallest absolute Gasteiger partial charge is 0.230 e. The Labute approximate surface area is 106 Å². The van der Waals surface area contributed by atoms with Crippen LogP contribution in [0.1, 0.15) is 11.7 Å². The maximum atomic E-state index is 12.3. The van der Waals surface area contributed by atoms with Gasteiger partial charge in [-0.25, -0.2) is 0 Å². The summed E-state index contributed by atoms with van der Waals surface area (Å²) >= 11 is 0. The lowest BCUT2D eigenvalue weighted by atomic mass is 10.1. The summed E-state index contributed by atoms with van der Waals surface area (Å²) in [6.07, 6.45) is -0.536. The minimum atomic E-state index is -0.536. The molecular weight excluding hydrogens is 226 g/mol.